The Balaban J connectivity index is 0.00000220. The summed E-state index contributed by atoms with van der Waals surface area (Å²) in [5.41, 5.74) is 6.31. The topological polar surface area (TPSA) is 73.6 Å². The fraction of sp³-hybridized carbons (Fsp3) is 0.533. The van der Waals surface area contributed by atoms with Gasteiger partial charge in [0.1, 0.15) is 12.4 Å². The van der Waals surface area contributed by atoms with Gasteiger partial charge in [0.05, 0.1) is 6.61 Å². The molecule has 6 heteroatoms. The minimum absolute atomic E-state index is 0. The van der Waals surface area contributed by atoms with Crippen molar-refractivity contribution >= 4 is 18.3 Å². The lowest BCUT2D eigenvalue weighted by Crippen LogP contribution is -2.41. The zero-order chi connectivity index (χ0) is 14.4. The number of nitrogens with one attached hydrogen (secondary N) is 1. The summed E-state index contributed by atoms with van der Waals surface area (Å²) in [7, 11) is 1.63. The third-order valence-corrected chi connectivity index (χ3v) is 3.43. The highest BCUT2D eigenvalue weighted by atomic mass is 35.5. The smallest absolute Gasteiger partial charge is 0.251 e. The van der Waals surface area contributed by atoms with E-state index in [0.717, 1.165) is 18.6 Å². The van der Waals surface area contributed by atoms with Crippen LogP contribution in [0.3, 0.4) is 0 Å². The van der Waals surface area contributed by atoms with E-state index in [1.54, 1.807) is 31.4 Å². The van der Waals surface area contributed by atoms with E-state index in [1.807, 2.05) is 0 Å². The molecule has 5 nitrogen and oxygen atoms in total. The Hall–Kier alpha value is -1.30. The number of carbonyl (C=O) groups is 1. The third kappa shape index (κ3) is 5.53. The first-order valence-corrected chi connectivity index (χ1v) is 6.97. The number of ether oxygens (including phenoxy) is 2. The fourth-order valence-corrected chi connectivity index (χ4v) is 2.06. The lowest BCUT2D eigenvalue weighted by Gasteiger charge is -2.16. The highest BCUT2D eigenvalue weighted by molar-refractivity contribution is 5.94. The van der Waals surface area contributed by atoms with E-state index >= 15 is 0 Å². The number of halogens is 1. The molecule has 0 saturated heterocycles. The van der Waals surface area contributed by atoms with Crippen LogP contribution in [0.25, 0.3) is 0 Å². The van der Waals surface area contributed by atoms with Crippen molar-refractivity contribution in [1.82, 2.24) is 5.32 Å². The minimum Gasteiger partial charge on any atom is -0.491 e. The van der Waals surface area contributed by atoms with Crippen LogP contribution in [0.4, 0.5) is 0 Å². The van der Waals surface area contributed by atoms with Crippen molar-refractivity contribution in [2.45, 2.75) is 18.9 Å². The normalized spacial score (nSPS) is 15.0. The predicted octanol–water partition coefficient (Wildman–Crippen LogP) is 1.60. The van der Waals surface area contributed by atoms with E-state index < -0.39 is 0 Å². The molecule has 0 aromatic heterocycles. The molecule has 1 aromatic carbocycles. The molecule has 2 rings (SSSR count). The summed E-state index contributed by atoms with van der Waals surface area (Å²) in [6.07, 6.45) is 2.32. The first-order valence-electron chi connectivity index (χ1n) is 6.97. The van der Waals surface area contributed by atoms with Crippen LogP contribution in [-0.2, 0) is 4.74 Å². The van der Waals surface area contributed by atoms with Crippen LogP contribution in [-0.4, -0.2) is 38.8 Å². The van der Waals surface area contributed by atoms with Crippen molar-refractivity contribution in [3.8, 4) is 5.75 Å². The summed E-state index contributed by atoms with van der Waals surface area (Å²) in [5, 5.41) is 2.99. The Morgan fingerprint density at radius 3 is 2.52 bits per heavy atom. The first kappa shape index (κ1) is 17.8. The first-order chi connectivity index (χ1) is 9.74. The fourth-order valence-electron chi connectivity index (χ4n) is 2.06. The Morgan fingerprint density at radius 2 is 2.00 bits per heavy atom. The van der Waals surface area contributed by atoms with Gasteiger partial charge in [-0.2, -0.15) is 0 Å². The third-order valence-electron chi connectivity index (χ3n) is 3.43. The summed E-state index contributed by atoms with van der Waals surface area (Å²) < 4.78 is 10.4. The molecule has 1 aliphatic carbocycles. The van der Waals surface area contributed by atoms with Crippen LogP contribution < -0.4 is 15.8 Å². The summed E-state index contributed by atoms with van der Waals surface area (Å²) in [6.45, 7) is 1.54. The number of methoxy groups -OCH3 is 1. The van der Waals surface area contributed by atoms with Crippen molar-refractivity contribution in [2.75, 3.05) is 26.9 Å². The predicted molar refractivity (Wildman–Crippen MR) is 84.1 cm³/mol. The molecule has 118 valence electrons. The molecule has 1 atom stereocenters. The molecule has 21 heavy (non-hydrogen) atoms. The van der Waals surface area contributed by atoms with Gasteiger partial charge in [0, 0.05) is 25.3 Å². The molecular formula is C15H23ClN2O3. The van der Waals surface area contributed by atoms with Crippen LogP contribution >= 0.6 is 12.4 Å². The van der Waals surface area contributed by atoms with E-state index in [-0.39, 0.29) is 24.4 Å². The molecule has 0 bridgehead atoms. The molecule has 1 amide bonds. The Bertz CT molecular complexity index is 435. The van der Waals surface area contributed by atoms with Crippen molar-refractivity contribution in [1.29, 1.82) is 0 Å². The highest BCUT2D eigenvalue weighted by Crippen LogP contribution is 2.32. The minimum atomic E-state index is -0.0733. The zero-order valence-electron chi connectivity index (χ0n) is 12.2. The van der Waals surface area contributed by atoms with Crippen LogP contribution in [0.2, 0.25) is 0 Å². The van der Waals surface area contributed by atoms with Gasteiger partial charge >= 0.3 is 0 Å². The van der Waals surface area contributed by atoms with E-state index in [0.29, 0.717) is 31.2 Å². The molecule has 1 unspecified atom stereocenters. The highest BCUT2D eigenvalue weighted by Gasteiger charge is 2.31. The molecule has 1 aliphatic rings. The van der Waals surface area contributed by atoms with Crippen molar-refractivity contribution in [2.24, 2.45) is 11.7 Å². The molecule has 0 aliphatic heterocycles. The van der Waals surface area contributed by atoms with Crippen molar-refractivity contribution in [3.05, 3.63) is 29.8 Å². The molecule has 0 spiro atoms. The molecule has 0 radical (unpaired) electrons. The Morgan fingerprint density at radius 1 is 1.33 bits per heavy atom. The number of amides is 1. The second kappa shape index (κ2) is 8.87. The monoisotopic (exact) mass is 314 g/mol. The van der Waals surface area contributed by atoms with E-state index in [1.165, 1.54) is 0 Å². The maximum absolute atomic E-state index is 12.1. The maximum Gasteiger partial charge on any atom is 0.251 e. The average Bonchev–Trinajstić information content (AvgIpc) is 3.30. The summed E-state index contributed by atoms with van der Waals surface area (Å²) >= 11 is 0. The number of carbonyl (C=O) groups excluding carboxylic acids is 1. The summed E-state index contributed by atoms with van der Waals surface area (Å²) in [5.74, 6) is 1.22. The number of benzene rings is 1. The summed E-state index contributed by atoms with van der Waals surface area (Å²) in [6, 6.07) is 7.20. The van der Waals surface area contributed by atoms with E-state index in [4.69, 9.17) is 15.2 Å². The van der Waals surface area contributed by atoms with E-state index in [9.17, 15) is 4.79 Å². The number of nitrogens with two attached hydrogens (primary N) is 1. The zero-order valence-corrected chi connectivity index (χ0v) is 13.0. The number of hydrogen-bond acceptors (Lipinski definition) is 4. The maximum atomic E-state index is 12.1. The van der Waals surface area contributed by atoms with Gasteiger partial charge in [0.25, 0.3) is 5.91 Å². The Labute approximate surface area is 131 Å². The SMILES string of the molecule is COCCOc1ccc(C(=O)NC(CN)C2CC2)cc1.Cl. The second-order valence-corrected chi connectivity index (χ2v) is 5.02. The van der Waals surface area contributed by atoms with Gasteiger partial charge in [-0.3, -0.25) is 4.79 Å². The van der Waals surface area contributed by atoms with Gasteiger partial charge in [0.15, 0.2) is 0 Å². The standard InChI is InChI=1S/C15H22N2O3.ClH/c1-19-8-9-20-13-6-4-12(5-7-13)15(18)17-14(10-16)11-2-3-11;/h4-7,11,14H,2-3,8-10,16H2,1H3,(H,17,18);1H. The van der Waals surface area contributed by atoms with E-state index in [2.05, 4.69) is 5.32 Å². The lowest BCUT2D eigenvalue weighted by atomic mass is 10.1. The molecule has 1 fully saturated rings. The molecule has 1 saturated carbocycles. The van der Waals surface area contributed by atoms with Crippen molar-refractivity contribution < 1.29 is 14.3 Å². The van der Waals surface area contributed by atoms with Crippen LogP contribution in [0.1, 0.15) is 23.2 Å². The van der Waals surface area contributed by atoms with Gasteiger partial charge in [0.2, 0.25) is 0 Å². The van der Waals surface area contributed by atoms with Gasteiger partial charge in [-0.05, 0) is 43.0 Å². The van der Waals surface area contributed by atoms with Gasteiger partial charge in [-0.15, -0.1) is 12.4 Å². The van der Waals surface area contributed by atoms with Crippen LogP contribution in [0.5, 0.6) is 5.75 Å². The summed E-state index contributed by atoms with van der Waals surface area (Å²) in [4.78, 5) is 12.1. The number of rotatable bonds is 8. The molecule has 3 N–H and O–H groups in total. The second-order valence-electron chi connectivity index (χ2n) is 5.02. The van der Waals surface area contributed by atoms with Crippen LogP contribution in [0, 0.1) is 5.92 Å². The lowest BCUT2D eigenvalue weighted by molar-refractivity contribution is 0.0933. The van der Waals surface area contributed by atoms with Crippen LogP contribution in [0.15, 0.2) is 24.3 Å². The van der Waals surface area contributed by atoms with Crippen molar-refractivity contribution in [3.63, 3.8) is 0 Å². The van der Waals surface area contributed by atoms with Gasteiger partial charge in [-0.1, -0.05) is 0 Å². The van der Waals surface area contributed by atoms with Gasteiger partial charge in [-0.25, -0.2) is 0 Å². The average molecular weight is 315 g/mol. The number of hydrogen-bond donors (Lipinski definition) is 2. The van der Waals surface area contributed by atoms with Gasteiger partial charge < -0.3 is 20.5 Å². The Kier molecular flexibility index (Phi) is 7.50. The molecule has 0 heterocycles. The molecular weight excluding hydrogens is 292 g/mol. The molecule has 1 aromatic rings. The quantitative estimate of drug-likeness (QED) is 0.715. The largest absolute Gasteiger partial charge is 0.491 e.